The third-order valence-corrected chi connectivity index (χ3v) is 5.83. The minimum Gasteiger partial charge on any atom is -0.352 e. The van der Waals surface area contributed by atoms with Crippen LogP contribution in [-0.2, 0) is 11.3 Å². The highest BCUT2D eigenvalue weighted by molar-refractivity contribution is 5.78. The molecule has 3 rings (SSSR count). The highest BCUT2D eigenvalue weighted by atomic mass is 16.1. The first-order chi connectivity index (χ1) is 12.6. The molecule has 1 aromatic carbocycles. The van der Waals surface area contributed by atoms with Gasteiger partial charge < -0.3 is 10.2 Å². The lowest BCUT2D eigenvalue weighted by Crippen LogP contribution is -2.51. The first-order valence-electron chi connectivity index (χ1n) is 10.4. The van der Waals surface area contributed by atoms with E-state index in [0.717, 1.165) is 31.8 Å². The Hall–Kier alpha value is -1.39. The van der Waals surface area contributed by atoms with Crippen LogP contribution in [0.3, 0.4) is 0 Å². The second-order valence-electron chi connectivity index (χ2n) is 8.46. The standard InChI is InChI=1S/C22H35N3O/c1-18(2)16-24-13-10-21(11-14-24)25-12-6-9-20(17-25)22(26)23-15-19-7-4-3-5-8-19/h3-5,7-8,18,20-21H,6,9-17H2,1-2H3,(H,23,26). The molecule has 0 saturated carbocycles. The number of likely N-dealkylation sites (tertiary alicyclic amines) is 2. The second kappa shape index (κ2) is 9.52. The maximum Gasteiger partial charge on any atom is 0.224 e. The number of amides is 1. The third-order valence-electron chi connectivity index (χ3n) is 5.83. The zero-order chi connectivity index (χ0) is 18.4. The summed E-state index contributed by atoms with van der Waals surface area (Å²) in [5, 5.41) is 3.15. The fraction of sp³-hybridized carbons (Fsp3) is 0.682. The van der Waals surface area contributed by atoms with Gasteiger partial charge in [0.25, 0.3) is 0 Å². The molecule has 2 fully saturated rings. The number of nitrogens with zero attached hydrogens (tertiary/aromatic N) is 2. The Kier molecular flexibility index (Phi) is 7.09. The van der Waals surface area contributed by atoms with E-state index in [2.05, 4.69) is 41.1 Å². The van der Waals surface area contributed by atoms with Gasteiger partial charge in [0.05, 0.1) is 5.92 Å². The van der Waals surface area contributed by atoms with E-state index in [4.69, 9.17) is 0 Å². The molecule has 2 heterocycles. The molecule has 26 heavy (non-hydrogen) atoms. The predicted octanol–water partition coefficient (Wildman–Crippen LogP) is 3.14. The van der Waals surface area contributed by atoms with Crippen LogP contribution in [0, 0.1) is 11.8 Å². The molecule has 0 aromatic heterocycles. The maximum absolute atomic E-state index is 12.6. The summed E-state index contributed by atoms with van der Waals surface area (Å²) in [6.07, 6.45) is 4.69. The number of rotatable bonds is 6. The number of piperidine rings is 2. The van der Waals surface area contributed by atoms with E-state index in [-0.39, 0.29) is 11.8 Å². The summed E-state index contributed by atoms with van der Waals surface area (Å²) in [5.41, 5.74) is 1.17. The summed E-state index contributed by atoms with van der Waals surface area (Å²) < 4.78 is 0. The Labute approximate surface area is 158 Å². The van der Waals surface area contributed by atoms with Gasteiger partial charge in [-0.15, -0.1) is 0 Å². The van der Waals surface area contributed by atoms with Crippen LogP contribution in [0.1, 0.15) is 45.1 Å². The lowest BCUT2D eigenvalue weighted by Gasteiger charge is -2.42. The zero-order valence-electron chi connectivity index (χ0n) is 16.5. The first kappa shape index (κ1) is 19.4. The molecule has 0 aliphatic carbocycles. The van der Waals surface area contributed by atoms with Gasteiger partial charge >= 0.3 is 0 Å². The van der Waals surface area contributed by atoms with Crippen LogP contribution in [0.25, 0.3) is 0 Å². The van der Waals surface area contributed by atoms with Crippen molar-refractivity contribution in [2.45, 2.75) is 52.1 Å². The molecule has 4 nitrogen and oxygen atoms in total. The molecule has 1 aromatic rings. The van der Waals surface area contributed by atoms with Crippen LogP contribution < -0.4 is 5.32 Å². The minimum absolute atomic E-state index is 0.154. The summed E-state index contributed by atoms with van der Waals surface area (Å²) in [6.45, 7) is 11.0. The normalized spacial score (nSPS) is 23.3. The lowest BCUT2D eigenvalue weighted by atomic mass is 9.93. The quantitative estimate of drug-likeness (QED) is 0.850. The van der Waals surface area contributed by atoms with Gasteiger partial charge in [0.15, 0.2) is 0 Å². The molecule has 2 aliphatic rings. The second-order valence-corrected chi connectivity index (χ2v) is 8.46. The van der Waals surface area contributed by atoms with Crippen molar-refractivity contribution in [2.75, 3.05) is 32.7 Å². The summed E-state index contributed by atoms with van der Waals surface area (Å²) in [5.74, 6) is 1.14. The molecule has 2 aliphatic heterocycles. The lowest BCUT2D eigenvalue weighted by molar-refractivity contribution is -0.127. The van der Waals surface area contributed by atoms with Crippen LogP contribution in [-0.4, -0.2) is 54.5 Å². The predicted molar refractivity (Wildman–Crippen MR) is 107 cm³/mol. The maximum atomic E-state index is 12.6. The molecule has 144 valence electrons. The van der Waals surface area contributed by atoms with Gasteiger partial charge in [-0.1, -0.05) is 44.2 Å². The zero-order valence-corrected chi connectivity index (χ0v) is 16.5. The van der Waals surface area contributed by atoms with E-state index in [1.165, 1.54) is 38.0 Å². The molecule has 0 spiro atoms. The fourth-order valence-corrected chi connectivity index (χ4v) is 4.46. The van der Waals surface area contributed by atoms with Gasteiger partial charge in [0.2, 0.25) is 5.91 Å². The van der Waals surface area contributed by atoms with Crippen molar-refractivity contribution in [1.82, 2.24) is 15.1 Å². The number of hydrogen-bond acceptors (Lipinski definition) is 3. The highest BCUT2D eigenvalue weighted by Crippen LogP contribution is 2.24. The Morgan fingerprint density at radius 2 is 1.85 bits per heavy atom. The van der Waals surface area contributed by atoms with Crippen molar-refractivity contribution >= 4 is 5.91 Å². The van der Waals surface area contributed by atoms with Gasteiger partial charge in [-0.3, -0.25) is 9.69 Å². The third kappa shape index (κ3) is 5.55. The number of nitrogens with one attached hydrogen (secondary N) is 1. The van der Waals surface area contributed by atoms with E-state index < -0.39 is 0 Å². The van der Waals surface area contributed by atoms with Crippen molar-refractivity contribution in [2.24, 2.45) is 11.8 Å². The number of benzene rings is 1. The Morgan fingerprint density at radius 1 is 1.12 bits per heavy atom. The van der Waals surface area contributed by atoms with E-state index >= 15 is 0 Å². The van der Waals surface area contributed by atoms with E-state index in [9.17, 15) is 4.79 Å². The summed E-state index contributed by atoms with van der Waals surface area (Å²) in [6, 6.07) is 10.9. The van der Waals surface area contributed by atoms with E-state index in [1.807, 2.05) is 18.2 Å². The SMILES string of the molecule is CC(C)CN1CCC(N2CCCC(C(=O)NCc3ccccc3)C2)CC1. The smallest absolute Gasteiger partial charge is 0.224 e. The summed E-state index contributed by atoms with van der Waals surface area (Å²) in [7, 11) is 0. The van der Waals surface area contributed by atoms with Gasteiger partial charge in [-0.2, -0.15) is 0 Å². The molecule has 0 bridgehead atoms. The molecule has 1 unspecified atom stereocenters. The molecule has 1 amide bonds. The van der Waals surface area contributed by atoms with Crippen molar-refractivity contribution < 1.29 is 4.79 Å². The van der Waals surface area contributed by atoms with Crippen molar-refractivity contribution in [1.29, 1.82) is 0 Å². The molecule has 1 N–H and O–H groups in total. The number of carbonyl (C=O) groups excluding carboxylic acids is 1. The van der Waals surface area contributed by atoms with Gasteiger partial charge in [0.1, 0.15) is 0 Å². The number of carbonyl (C=O) groups is 1. The molecular weight excluding hydrogens is 322 g/mol. The first-order valence-corrected chi connectivity index (χ1v) is 10.4. The van der Waals surface area contributed by atoms with E-state index in [0.29, 0.717) is 12.6 Å². The highest BCUT2D eigenvalue weighted by Gasteiger charge is 2.31. The van der Waals surface area contributed by atoms with Crippen LogP contribution in [0.15, 0.2) is 30.3 Å². The van der Waals surface area contributed by atoms with Crippen LogP contribution in [0.4, 0.5) is 0 Å². The Balaban J connectivity index is 1.44. The molecule has 4 heteroatoms. The fourth-order valence-electron chi connectivity index (χ4n) is 4.46. The van der Waals surface area contributed by atoms with Crippen molar-refractivity contribution in [3.63, 3.8) is 0 Å². The van der Waals surface area contributed by atoms with Gasteiger partial charge in [-0.05, 0) is 56.8 Å². The average Bonchev–Trinajstić information content (AvgIpc) is 2.67. The number of hydrogen-bond donors (Lipinski definition) is 1. The topological polar surface area (TPSA) is 35.6 Å². The largest absolute Gasteiger partial charge is 0.352 e. The molecular formula is C22H35N3O. The van der Waals surface area contributed by atoms with Crippen LogP contribution >= 0.6 is 0 Å². The summed E-state index contributed by atoms with van der Waals surface area (Å²) >= 11 is 0. The monoisotopic (exact) mass is 357 g/mol. The van der Waals surface area contributed by atoms with E-state index in [1.54, 1.807) is 0 Å². The van der Waals surface area contributed by atoms with Gasteiger partial charge in [-0.25, -0.2) is 0 Å². The van der Waals surface area contributed by atoms with Crippen molar-refractivity contribution in [3.8, 4) is 0 Å². The van der Waals surface area contributed by atoms with Crippen LogP contribution in [0.2, 0.25) is 0 Å². The Bertz CT molecular complexity index is 552. The average molecular weight is 358 g/mol. The van der Waals surface area contributed by atoms with Crippen LogP contribution in [0.5, 0.6) is 0 Å². The van der Waals surface area contributed by atoms with Gasteiger partial charge in [0, 0.05) is 25.7 Å². The van der Waals surface area contributed by atoms with Crippen molar-refractivity contribution in [3.05, 3.63) is 35.9 Å². The molecule has 1 atom stereocenters. The Morgan fingerprint density at radius 3 is 2.54 bits per heavy atom. The molecule has 2 saturated heterocycles. The summed E-state index contributed by atoms with van der Waals surface area (Å²) in [4.78, 5) is 17.8. The minimum atomic E-state index is 0.154. The molecule has 0 radical (unpaired) electrons.